The molecule has 13 heavy (non-hydrogen) atoms. The van der Waals surface area contributed by atoms with Crippen molar-refractivity contribution in [3.8, 4) is 0 Å². The zero-order chi connectivity index (χ0) is 9.52. The number of hydrogen-bond acceptors (Lipinski definition) is 2. The van der Waals surface area contributed by atoms with E-state index >= 15 is 0 Å². The summed E-state index contributed by atoms with van der Waals surface area (Å²) in [6, 6.07) is 0. The fourth-order valence-electron chi connectivity index (χ4n) is 2.03. The Bertz CT molecular complexity index is 141. The normalized spacial score (nSPS) is 21.3. The Morgan fingerprint density at radius 1 is 1.31 bits per heavy atom. The Balaban J connectivity index is 2.10. The molecule has 0 radical (unpaired) electrons. The maximum Gasteiger partial charge on any atom is 0.120 e. The van der Waals surface area contributed by atoms with E-state index in [0.717, 1.165) is 19.1 Å². The van der Waals surface area contributed by atoms with E-state index in [0.29, 0.717) is 5.92 Å². The predicted octanol–water partition coefficient (Wildman–Crippen LogP) is 2.09. The molecule has 1 rings (SSSR count). The first kappa shape index (κ1) is 10.7. The lowest BCUT2D eigenvalue weighted by Gasteiger charge is -2.28. The molecular weight excluding hydrogens is 162 g/mol. The molecule has 1 unspecified atom stereocenters. The van der Waals surface area contributed by atoms with Gasteiger partial charge < -0.3 is 9.69 Å². The second kappa shape index (κ2) is 6.14. The van der Waals surface area contributed by atoms with Crippen molar-refractivity contribution in [3.05, 3.63) is 0 Å². The van der Waals surface area contributed by atoms with Gasteiger partial charge in [-0.1, -0.05) is 13.3 Å². The average molecular weight is 183 g/mol. The Morgan fingerprint density at radius 2 is 2.00 bits per heavy atom. The van der Waals surface area contributed by atoms with E-state index < -0.39 is 0 Å². The quantitative estimate of drug-likeness (QED) is 0.608. The number of aldehydes is 1. The summed E-state index contributed by atoms with van der Waals surface area (Å²) in [5.74, 6) is 0.684. The van der Waals surface area contributed by atoms with Gasteiger partial charge in [-0.3, -0.25) is 0 Å². The first-order valence-electron chi connectivity index (χ1n) is 5.49. The van der Waals surface area contributed by atoms with Crippen LogP contribution in [0.5, 0.6) is 0 Å². The van der Waals surface area contributed by atoms with Crippen LogP contribution in [-0.4, -0.2) is 30.8 Å². The summed E-state index contributed by atoms with van der Waals surface area (Å²) >= 11 is 0. The molecule has 1 aliphatic rings. The molecule has 0 aliphatic carbocycles. The summed E-state index contributed by atoms with van der Waals surface area (Å²) in [5, 5.41) is 0. The standard InChI is InChI=1S/C11H21NO/c1-11(6-5-9-13)10-12-7-3-2-4-8-12/h9,11H,2-8,10H2,1H3. The van der Waals surface area contributed by atoms with Crippen molar-refractivity contribution in [2.75, 3.05) is 19.6 Å². The smallest absolute Gasteiger partial charge is 0.120 e. The van der Waals surface area contributed by atoms with Crippen LogP contribution in [0.15, 0.2) is 0 Å². The maximum absolute atomic E-state index is 10.2. The highest BCUT2D eigenvalue weighted by atomic mass is 16.1. The molecule has 0 amide bonds. The molecule has 1 atom stereocenters. The molecule has 0 N–H and O–H groups in total. The summed E-state index contributed by atoms with van der Waals surface area (Å²) in [7, 11) is 0. The highest BCUT2D eigenvalue weighted by Gasteiger charge is 2.12. The molecule has 76 valence electrons. The minimum absolute atomic E-state index is 0.684. The van der Waals surface area contributed by atoms with Gasteiger partial charge in [0.05, 0.1) is 0 Å². The number of rotatable bonds is 5. The third-order valence-electron chi connectivity index (χ3n) is 2.80. The van der Waals surface area contributed by atoms with Crippen molar-refractivity contribution in [3.63, 3.8) is 0 Å². The summed E-state index contributed by atoms with van der Waals surface area (Å²) in [6.07, 6.45) is 6.95. The zero-order valence-corrected chi connectivity index (χ0v) is 8.67. The summed E-state index contributed by atoms with van der Waals surface area (Å²) in [5.41, 5.74) is 0. The molecule has 1 aliphatic heterocycles. The fourth-order valence-corrected chi connectivity index (χ4v) is 2.03. The van der Waals surface area contributed by atoms with Crippen molar-refractivity contribution in [1.82, 2.24) is 4.90 Å². The molecule has 0 aromatic carbocycles. The van der Waals surface area contributed by atoms with Gasteiger partial charge in [0.25, 0.3) is 0 Å². The molecule has 0 aromatic rings. The second-order valence-corrected chi connectivity index (χ2v) is 4.21. The van der Waals surface area contributed by atoms with Gasteiger partial charge in [-0.25, -0.2) is 0 Å². The highest BCUT2D eigenvalue weighted by molar-refractivity contribution is 5.49. The minimum Gasteiger partial charge on any atom is -0.303 e. The largest absolute Gasteiger partial charge is 0.303 e. The lowest BCUT2D eigenvalue weighted by Crippen LogP contribution is -2.33. The maximum atomic E-state index is 10.2. The van der Waals surface area contributed by atoms with Crippen molar-refractivity contribution in [2.45, 2.75) is 39.0 Å². The van der Waals surface area contributed by atoms with Crippen molar-refractivity contribution in [1.29, 1.82) is 0 Å². The number of piperidine rings is 1. The van der Waals surface area contributed by atoms with Crippen LogP contribution in [0.2, 0.25) is 0 Å². The van der Waals surface area contributed by atoms with Gasteiger partial charge in [-0.15, -0.1) is 0 Å². The zero-order valence-electron chi connectivity index (χ0n) is 8.67. The van der Waals surface area contributed by atoms with Crippen LogP contribution in [-0.2, 0) is 4.79 Å². The number of hydrogen-bond donors (Lipinski definition) is 0. The van der Waals surface area contributed by atoms with E-state index in [1.54, 1.807) is 0 Å². The van der Waals surface area contributed by atoms with Crippen molar-refractivity contribution in [2.24, 2.45) is 5.92 Å². The first-order chi connectivity index (χ1) is 6.33. The Labute approximate surface area is 81.3 Å². The highest BCUT2D eigenvalue weighted by Crippen LogP contribution is 2.13. The third-order valence-corrected chi connectivity index (χ3v) is 2.80. The molecule has 0 saturated carbocycles. The van der Waals surface area contributed by atoms with Gasteiger partial charge >= 0.3 is 0 Å². The molecule has 0 bridgehead atoms. The van der Waals surface area contributed by atoms with Gasteiger partial charge in [0.2, 0.25) is 0 Å². The van der Waals surface area contributed by atoms with E-state index in [9.17, 15) is 4.79 Å². The van der Waals surface area contributed by atoms with Gasteiger partial charge in [-0.05, 0) is 38.3 Å². The Hall–Kier alpha value is -0.370. The Morgan fingerprint density at radius 3 is 2.62 bits per heavy atom. The summed E-state index contributed by atoms with van der Waals surface area (Å²) in [4.78, 5) is 12.7. The topological polar surface area (TPSA) is 20.3 Å². The Kier molecular flexibility index (Phi) is 5.06. The van der Waals surface area contributed by atoms with Gasteiger partial charge in [0.15, 0.2) is 0 Å². The minimum atomic E-state index is 0.684. The monoisotopic (exact) mass is 183 g/mol. The number of likely N-dealkylation sites (tertiary alicyclic amines) is 1. The molecule has 2 heteroatoms. The van der Waals surface area contributed by atoms with Crippen LogP contribution in [0.3, 0.4) is 0 Å². The fraction of sp³-hybridized carbons (Fsp3) is 0.909. The van der Waals surface area contributed by atoms with E-state index in [2.05, 4.69) is 11.8 Å². The van der Waals surface area contributed by atoms with Crippen LogP contribution in [0.4, 0.5) is 0 Å². The van der Waals surface area contributed by atoms with Crippen molar-refractivity contribution >= 4 is 6.29 Å². The van der Waals surface area contributed by atoms with Crippen LogP contribution in [0, 0.1) is 5.92 Å². The molecular formula is C11H21NO. The van der Waals surface area contributed by atoms with E-state index in [4.69, 9.17) is 0 Å². The van der Waals surface area contributed by atoms with Crippen LogP contribution >= 0.6 is 0 Å². The number of carbonyl (C=O) groups excluding carboxylic acids is 1. The van der Waals surface area contributed by atoms with Gasteiger partial charge in [-0.2, -0.15) is 0 Å². The molecule has 1 heterocycles. The van der Waals surface area contributed by atoms with E-state index in [1.165, 1.54) is 38.9 Å². The lowest BCUT2D eigenvalue weighted by molar-refractivity contribution is -0.108. The molecule has 2 nitrogen and oxygen atoms in total. The SMILES string of the molecule is CC(CCC=O)CN1CCCCC1. The van der Waals surface area contributed by atoms with Gasteiger partial charge in [0.1, 0.15) is 6.29 Å². The van der Waals surface area contributed by atoms with Gasteiger partial charge in [0, 0.05) is 13.0 Å². The lowest BCUT2D eigenvalue weighted by atomic mass is 10.0. The first-order valence-corrected chi connectivity index (χ1v) is 5.49. The second-order valence-electron chi connectivity index (χ2n) is 4.21. The summed E-state index contributed by atoms with van der Waals surface area (Å²) in [6.45, 7) is 5.98. The predicted molar refractivity (Wildman–Crippen MR) is 54.8 cm³/mol. The molecule has 1 saturated heterocycles. The third kappa shape index (κ3) is 4.41. The average Bonchev–Trinajstić information content (AvgIpc) is 2.16. The number of nitrogens with zero attached hydrogens (tertiary/aromatic N) is 1. The molecule has 0 spiro atoms. The molecule has 0 aromatic heterocycles. The summed E-state index contributed by atoms with van der Waals surface area (Å²) < 4.78 is 0. The number of carbonyl (C=O) groups is 1. The van der Waals surface area contributed by atoms with Crippen LogP contribution in [0.1, 0.15) is 39.0 Å². The molecule has 1 fully saturated rings. The van der Waals surface area contributed by atoms with Crippen molar-refractivity contribution < 1.29 is 4.79 Å². The van der Waals surface area contributed by atoms with Crippen LogP contribution in [0.25, 0.3) is 0 Å². The van der Waals surface area contributed by atoms with E-state index in [1.807, 2.05) is 0 Å². The van der Waals surface area contributed by atoms with E-state index in [-0.39, 0.29) is 0 Å². The van der Waals surface area contributed by atoms with Crippen LogP contribution < -0.4 is 0 Å².